The second-order valence-electron chi connectivity index (χ2n) is 6.69. The van der Waals surface area contributed by atoms with Crippen LogP contribution in [0.25, 0.3) is 0 Å². The Labute approximate surface area is 150 Å². The number of nitrogens with one attached hydrogen (secondary N) is 1. The molecule has 3 atom stereocenters. The molecule has 2 amide bonds. The molecule has 2 saturated heterocycles. The molecule has 3 unspecified atom stereocenters. The first-order valence-electron chi connectivity index (χ1n) is 8.44. The van der Waals surface area contributed by atoms with E-state index in [0.29, 0.717) is 6.54 Å². The molecule has 1 N–H and O–H groups in total. The van der Waals surface area contributed by atoms with Gasteiger partial charge in [-0.05, 0) is 50.5 Å². The van der Waals surface area contributed by atoms with E-state index in [9.17, 15) is 9.59 Å². The minimum Gasteiger partial charge on any atom is -0.376 e. The number of hydrogen-bond acceptors (Lipinski definition) is 3. The van der Waals surface area contributed by atoms with Crippen LogP contribution in [-0.2, 0) is 14.3 Å². The van der Waals surface area contributed by atoms with Gasteiger partial charge in [0.15, 0.2) is 0 Å². The van der Waals surface area contributed by atoms with Gasteiger partial charge in [0.1, 0.15) is 0 Å². The van der Waals surface area contributed by atoms with Gasteiger partial charge in [0, 0.05) is 29.7 Å². The minimum absolute atomic E-state index is 0.00152. The van der Waals surface area contributed by atoms with Crippen molar-refractivity contribution in [1.29, 1.82) is 0 Å². The first kappa shape index (κ1) is 17.4. The zero-order valence-electron chi connectivity index (χ0n) is 14.0. The third-order valence-electron chi connectivity index (χ3n) is 4.84. The number of amides is 2. The third-order valence-corrected chi connectivity index (χ3v) is 5.73. The highest BCUT2D eigenvalue weighted by Crippen LogP contribution is 2.28. The predicted molar refractivity (Wildman–Crippen MR) is 95.9 cm³/mol. The van der Waals surface area contributed by atoms with Crippen molar-refractivity contribution in [2.24, 2.45) is 5.92 Å². The van der Waals surface area contributed by atoms with Crippen LogP contribution in [0.4, 0.5) is 5.69 Å². The van der Waals surface area contributed by atoms with E-state index < -0.39 is 0 Å². The van der Waals surface area contributed by atoms with Gasteiger partial charge >= 0.3 is 0 Å². The van der Waals surface area contributed by atoms with Gasteiger partial charge in [-0.3, -0.25) is 9.59 Å². The Bertz CT molecular complexity index is 643. The Morgan fingerprint density at radius 3 is 2.92 bits per heavy atom. The number of hydrogen-bond donors (Lipinski definition) is 1. The second-order valence-corrected chi connectivity index (χ2v) is 7.54. The lowest BCUT2D eigenvalue weighted by Crippen LogP contribution is -2.44. The lowest BCUT2D eigenvalue weighted by Gasteiger charge is -2.22. The number of anilines is 1. The van der Waals surface area contributed by atoms with Crippen molar-refractivity contribution in [3.05, 3.63) is 28.2 Å². The van der Waals surface area contributed by atoms with E-state index >= 15 is 0 Å². The van der Waals surface area contributed by atoms with E-state index in [-0.39, 0.29) is 36.3 Å². The van der Waals surface area contributed by atoms with Crippen LogP contribution >= 0.6 is 15.9 Å². The molecule has 130 valence electrons. The molecular formula is C18H23BrN2O3. The molecular weight excluding hydrogens is 372 g/mol. The molecule has 3 rings (SSSR count). The molecule has 0 aromatic heterocycles. The average Bonchev–Trinajstić information content (AvgIpc) is 3.19. The number of nitrogens with zero attached hydrogens (tertiary/aromatic N) is 1. The number of halogens is 1. The quantitative estimate of drug-likeness (QED) is 0.853. The SMILES string of the molecule is Cc1cc(N2CC(C(=O)NC(C)C3CCCO3)CC2=O)ccc1Br. The van der Waals surface area contributed by atoms with Crippen LogP contribution < -0.4 is 10.2 Å². The lowest BCUT2D eigenvalue weighted by atomic mass is 10.1. The monoisotopic (exact) mass is 394 g/mol. The van der Waals surface area contributed by atoms with E-state index in [2.05, 4.69) is 21.2 Å². The zero-order chi connectivity index (χ0) is 17.3. The maximum atomic E-state index is 12.5. The van der Waals surface area contributed by atoms with Crippen molar-refractivity contribution >= 4 is 33.4 Å². The van der Waals surface area contributed by atoms with Gasteiger partial charge in [0.05, 0.1) is 18.1 Å². The van der Waals surface area contributed by atoms with E-state index in [4.69, 9.17) is 4.74 Å². The molecule has 24 heavy (non-hydrogen) atoms. The van der Waals surface area contributed by atoms with Gasteiger partial charge < -0.3 is 15.0 Å². The van der Waals surface area contributed by atoms with Gasteiger partial charge in [-0.2, -0.15) is 0 Å². The molecule has 1 aromatic rings. The Morgan fingerprint density at radius 2 is 2.25 bits per heavy atom. The summed E-state index contributed by atoms with van der Waals surface area (Å²) in [6, 6.07) is 5.80. The minimum atomic E-state index is -0.301. The molecule has 0 radical (unpaired) electrons. The number of carbonyl (C=O) groups is 2. The maximum Gasteiger partial charge on any atom is 0.227 e. The molecule has 0 saturated carbocycles. The molecule has 0 aliphatic carbocycles. The topological polar surface area (TPSA) is 58.6 Å². The average molecular weight is 395 g/mol. The Morgan fingerprint density at radius 1 is 1.46 bits per heavy atom. The van der Waals surface area contributed by atoms with Crippen molar-refractivity contribution in [3.63, 3.8) is 0 Å². The Kier molecular flexibility index (Phi) is 5.25. The van der Waals surface area contributed by atoms with Crippen molar-refractivity contribution in [2.45, 2.75) is 45.3 Å². The number of ether oxygens (including phenoxy) is 1. The second kappa shape index (κ2) is 7.23. The van der Waals surface area contributed by atoms with Gasteiger partial charge in [-0.15, -0.1) is 0 Å². The highest BCUT2D eigenvalue weighted by Gasteiger charge is 2.36. The molecule has 6 heteroatoms. The predicted octanol–water partition coefficient (Wildman–Crippen LogP) is 2.79. The van der Waals surface area contributed by atoms with Crippen molar-refractivity contribution < 1.29 is 14.3 Å². The first-order chi connectivity index (χ1) is 11.5. The van der Waals surface area contributed by atoms with Gasteiger partial charge in [0.2, 0.25) is 11.8 Å². The van der Waals surface area contributed by atoms with E-state index in [0.717, 1.165) is 35.2 Å². The first-order valence-corrected chi connectivity index (χ1v) is 9.23. The van der Waals surface area contributed by atoms with Crippen LogP contribution in [0.3, 0.4) is 0 Å². The fourth-order valence-electron chi connectivity index (χ4n) is 3.36. The standard InChI is InChI=1S/C18H23BrN2O3/c1-11-8-14(5-6-15(11)19)21-10-13(9-17(21)22)18(23)20-12(2)16-4-3-7-24-16/h5-6,8,12-13,16H,3-4,7,9-10H2,1-2H3,(H,20,23). The Hall–Kier alpha value is -1.40. The van der Waals surface area contributed by atoms with Crippen LogP contribution in [-0.4, -0.2) is 37.1 Å². The van der Waals surface area contributed by atoms with Gasteiger partial charge in [-0.1, -0.05) is 15.9 Å². The van der Waals surface area contributed by atoms with Crippen molar-refractivity contribution in [2.75, 3.05) is 18.1 Å². The number of aryl methyl sites for hydroxylation is 1. The van der Waals surface area contributed by atoms with Crippen LogP contribution in [0.2, 0.25) is 0 Å². The van der Waals surface area contributed by atoms with Crippen molar-refractivity contribution in [3.8, 4) is 0 Å². The highest BCUT2D eigenvalue weighted by molar-refractivity contribution is 9.10. The molecule has 5 nitrogen and oxygen atoms in total. The van der Waals surface area contributed by atoms with Crippen LogP contribution in [0.1, 0.15) is 31.7 Å². The molecule has 0 spiro atoms. The van der Waals surface area contributed by atoms with Crippen LogP contribution in [0, 0.1) is 12.8 Å². The smallest absolute Gasteiger partial charge is 0.227 e. The summed E-state index contributed by atoms with van der Waals surface area (Å²) in [5.41, 5.74) is 1.92. The zero-order valence-corrected chi connectivity index (χ0v) is 15.6. The fraction of sp³-hybridized carbons (Fsp3) is 0.556. The summed E-state index contributed by atoms with van der Waals surface area (Å²) in [5.74, 6) is -0.352. The molecule has 2 aliphatic rings. The van der Waals surface area contributed by atoms with E-state index in [1.807, 2.05) is 32.0 Å². The third kappa shape index (κ3) is 3.64. The summed E-state index contributed by atoms with van der Waals surface area (Å²) < 4.78 is 6.63. The van der Waals surface area contributed by atoms with Crippen LogP contribution in [0.15, 0.2) is 22.7 Å². The number of carbonyl (C=O) groups excluding carboxylic acids is 2. The van der Waals surface area contributed by atoms with E-state index in [1.165, 1.54) is 0 Å². The van der Waals surface area contributed by atoms with Gasteiger partial charge in [0.25, 0.3) is 0 Å². The molecule has 2 fully saturated rings. The summed E-state index contributed by atoms with van der Waals surface area (Å²) in [4.78, 5) is 26.5. The fourth-order valence-corrected chi connectivity index (χ4v) is 3.61. The molecule has 2 aliphatic heterocycles. The Balaban J connectivity index is 1.63. The van der Waals surface area contributed by atoms with E-state index in [1.54, 1.807) is 4.90 Å². The van der Waals surface area contributed by atoms with Gasteiger partial charge in [-0.25, -0.2) is 0 Å². The highest BCUT2D eigenvalue weighted by atomic mass is 79.9. The summed E-state index contributed by atoms with van der Waals surface area (Å²) in [6.07, 6.45) is 2.38. The summed E-state index contributed by atoms with van der Waals surface area (Å²) in [5, 5.41) is 3.03. The maximum absolute atomic E-state index is 12.5. The summed E-state index contributed by atoms with van der Waals surface area (Å²) in [6.45, 7) is 5.16. The largest absolute Gasteiger partial charge is 0.376 e. The van der Waals surface area contributed by atoms with Crippen LogP contribution in [0.5, 0.6) is 0 Å². The summed E-state index contributed by atoms with van der Waals surface area (Å²) >= 11 is 3.47. The normalized spacial score (nSPS) is 25.1. The van der Waals surface area contributed by atoms with Crippen molar-refractivity contribution in [1.82, 2.24) is 5.32 Å². The summed E-state index contributed by atoms with van der Waals surface area (Å²) in [7, 11) is 0. The molecule has 2 heterocycles. The number of rotatable bonds is 4. The lowest BCUT2D eigenvalue weighted by molar-refractivity contribution is -0.127. The number of benzene rings is 1. The molecule has 1 aromatic carbocycles. The molecule has 0 bridgehead atoms.